The van der Waals surface area contributed by atoms with Crippen molar-refractivity contribution in [2.45, 2.75) is 51.3 Å². The Labute approximate surface area is 86.4 Å². The fourth-order valence-electron chi connectivity index (χ4n) is 1.22. The number of nitriles is 1. The number of sulfonamides is 1. The minimum absolute atomic E-state index is 0.474. The first-order valence-corrected chi connectivity index (χ1v) is 6.22. The second-order valence-electron chi connectivity index (χ2n) is 4.05. The molecule has 0 saturated heterocycles. The van der Waals surface area contributed by atoms with Gasteiger partial charge in [0.1, 0.15) is 0 Å². The number of nitrogens with one attached hydrogen (secondary N) is 1. The Morgan fingerprint density at radius 2 is 2.00 bits per heavy atom. The molecule has 0 aliphatic carbocycles. The summed E-state index contributed by atoms with van der Waals surface area (Å²) in [6, 6.07) is 1.72. The maximum atomic E-state index is 11.5. The topological polar surface area (TPSA) is 70.0 Å². The largest absolute Gasteiger partial charge is 0.228 e. The SMILES string of the molecule is CCCC(C)(C)NS(=O)(=O)C(C)C#N. The van der Waals surface area contributed by atoms with Gasteiger partial charge in [0.05, 0.1) is 6.07 Å². The Kier molecular flexibility index (Phi) is 4.56. The van der Waals surface area contributed by atoms with Crippen molar-refractivity contribution in [1.29, 1.82) is 5.26 Å². The van der Waals surface area contributed by atoms with E-state index in [0.29, 0.717) is 0 Å². The number of rotatable bonds is 5. The van der Waals surface area contributed by atoms with E-state index in [2.05, 4.69) is 4.72 Å². The number of nitrogens with zero attached hydrogens (tertiary/aromatic N) is 1. The van der Waals surface area contributed by atoms with Gasteiger partial charge in [0, 0.05) is 5.54 Å². The van der Waals surface area contributed by atoms with Crippen LogP contribution in [0.2, 0.25) is 0 Å². The average molecular weight is 218 g/mol. The molecule has 5 heteroatoms. The molecule has 0 aromatic carbocycles. The van der Waals surface area contributed by atoms with Crippen molar-refractivity contribution in [2.24, 2.45) is 0 Å². The second kappa shape index (κ2) is 4.76. The maximum absolute atomic E-state index is 11.5. The maximum Gasteiger partial charge on any atom is 0.228 e. The summed E-state index contributed by atoms with van der Waals surface area (Å²) in [6.45, 7) is 7.00. The molecule has 0 aliphatic heterocycles. The third-order valence-electron chi connectivity index (χ3n) is 1.94. The van der Waals surface area contributed by atoms with E-state index >= 15 is 0 Å². The number of hydrogen-bond donors (Lipinski definition) is 1. The summed E-state index contributed by atoms with van der Waals surface area (Å²) in [4.78, 5) is 0. The van der Waals surface area contributed by atoms with Crippen LogP contribution in [0.15, 0.2) is 0 Å². The first-order valence-electron chi connectivity index (χ1n) is 4.67. The normalized spacial score (nSPS) is 14.8. The summed E-state index contributed by atoms with van der Waals surface area (Å²) >= 11 is 0. The molecule has 0 amide bonds. The van der Waals surface area contributed by atoms with Gasteiger partial charge in [-0.25, -0.2) is 13.1 Å². The number of hydrogen-bond acceptors (Lipinski definition) is 3. The lowest BCUT2D eigenvalue weighted by Crippen LogP contribution is -2.46. The van der Waals surface area contributed by atoms with Gasteiger partial charge in [-0.15, -0.1) is 0 Å². The fourth-order valence-corrected chi connectivity index (χ4v) is 2.41. The predicted molar refractivity (Wildman–Crippen MR) is 56.1 cm³/mol. The van der Waals surface area contributed by atoms with E-state index in [1.54, 1.807) is 6.07 Å². The zero-order chi connectivity index (χ0) is 11.4. The van der Waals surface area contributed by atoms with Gasteiger partial charge in [-0.2, -0.15) is 5.26 Å². The molecule has 0 saturated carbocycles. The highest BCUT2D eigenvalue weighted by atomic mass is 32.2. The molecular formula is C9H18N2O2S. The van der Waals surface area contributed by atoms with Gasteiger partial charge in [-0.1, -0.05) is 13.3 Å². The molecular weight excluding hydrogens is 200 g/mol. The van der Waals surface area contributed by atoms with Gasteiger partial charge in [0.2, 0.25) is 10.0 Å². The summed E-state index contributed by atoms with van der Waals surface area (Å²) in [5.74, 6) is 0. The molecule has 14 heavy (non-hydrogen) atoms. The lowest BCUT2D eigenvalue weighted by Gasteiger charge is -2.25. The zero-order valence-corrected chi connectivity index (χ0v) is 9.98. The summed E-state index contributed by atoms with van der Waals surface area (Å²) in [7, 11) is -3.50. The molecule has 0 heterocycles. The van der Waals surface area contributed by atoms with Crippen molar-refractivity contribution in [3.63, 3.8) is 0 Å². The van der Waals surface area contributed by atoms with Crippen LogP contribution in [0, 0.1) is 11.3 Å². The monoisotopic (exact) mass is 218 g/mol. The molecule has 4 nitrogen and oxygen atoms in total. The van der Waals surface area contributed by atoms with E-state index in [1.165, 1.54) is 6.92 Å². The van der Waals surface area contributed by atoms with Crippen LogP contribution in [-0.4, -0.2) is 19.2 Å². The highest BCUT2D eigenvalue weighted by Crippen LogP contribution is 2.13. The van der Waals surface area contributed by atoms with Crippen LogP contribution in [-0.2, 0) is 10.0 Å². The van der Waals surface area contributed by atoms with Gasteiger partial charge in [-0.3, -0.25) is 0 Å². The summed E-state index contributed by atoms with van der Waals surface area (Å²) in [5.41, 5.74) is -0.474. The zero-order valence-electron chi connectivity index (χ0n) is 9.16. The third kappa shape index (κ3) is 4.07. The van der Waals surface area contributed by atoms with Gasteiger partial charge in [0.15, 0.2) is 5.25 Å². The molecule has 1 N–H and O–H groups in total. The average Bonchev–Trinajstić information content (AvgIpc) is 2.00. The Balaban J connectivity index is 4.61. The van der Waals surface area contributed by atoms with Crippen LogP contribution in [0.1, 0.15) is 40.5 Å². The molecule has 0 spiro atoms. The molecule has 0 aliphatic rings. The molecule has 0 rings (SSSR count). The summed E-state index contributed by atoms with van der Waals surface area (Å²) < 4.78 is 25.6. The first-order chi connectivity index (χ1) is 6.25. The molecule has 1 unspecified atom stereocenters. The van der Waals surface area contributed by atoms with Crippen molar-refractivity contribution < 1.29 is 8.42 Å². The van der Waals surface area contributed by atoms with Crippen LogP contribution in [0.3, 0.4) is 0 Å². The highest BCUT2D eigenvalue weighted by molar-refractivity contribution is 7.90. The Hall–Kier alpha value is -0.600. The van der Waals surface area contributed by atoms with E-state index in [-0.39, 0.29) is 0 Å². The quantitative estimate of drug-likeness (QED) is 0.758. The standard InChI is InChI=1S/C9H18N2O2S/c1-5-6-9(3,4)11-14(12,13)8(2)7-10/h8,11H,5-6H2,1-4H3. The molecule has 0 aromatic heterocycles. The molecule has 0 radical (unpaired) electrons. The molecule has 82 valence electrons. The first kappa shape index (κ1) is 13.4. The van der Waals surface area contributed by atoms with E-state index in [4.69, 9.17) is 5.26 Å². The minimum atomic E-state index is -3.50. The van der Waals surface area contributed by atoms with Crippen molar-refractivity contribution >= 4 is 10.0 Å². The second-order valence-corrected chi connectivity index (χ2v) is 6.05. The fraction of sp³-hybridized carbons (Fsp3) is 0.889. The highest BCUT2D eigenvalue weighted by Gasteiger charge is 2.28. The van der Waals surface area contributed by atoms with Crippen LogP contribution < -0.4 is 4.72 Å². The van der Waals surface area contributed by atoms with E-state index < -0.39 is 20.8 Å². The Morgan fingerprint density at radius 1 is 1.50 bits per heavy atom. The van der Waals surface area contributed by atoms with E-state index in [1.807, 2.05) is 20.8 Å². The summed E-state index contributed by atoms with van der Waals surface area (Å²) in [5, 5.41) is 7.53. The van der Waals surface area contributed by atoms with Crippen molar-refractivity contribution in [2.75, 3.05) is 0 Å². The van der Waals surface area contributed by atoms with E-state index in [0.717, 1.165) is 12.8 Å². The van der Waals surface area contributed by atoms with Crippen LogP contribution in [0.4, 0.5) is 0 Å². The van der Waals surface area contributed by atoms with Crippen molar-refractivity contribution in [3.8, 4) is 6.07 Å². The van der Waals surface area contributed by atoms with Gasteiger partial charge in [0.25, 0.3) is 0 Å². The summed E-state index contributed by atoms with van der Waals surface area (Å²) in [6.07, 6.45) is 1.65. The molecule has 0 bridgehead atoms. The van der Waals surface area contributed by atoms with Gasteiger partial charge >= 0.3 is 0 Å². The van der Waals surface area contributed by atoms with Crippen molar-refractivity contribution in [3.05, 3.63) is 0 Å². The predicted octanol–water partition coefficient (Wildman–Crippen LogP) is 1.40. The van der Waals surface area contributed by atoms with Crippen LogP contribution >= 0.6 is 0 Å². The smallest absolute Gasteiger partial charge is 0.211 e. The third-order valence-corrected chi connectivity index (χ3v) is 3.81. The lowest BCUT2D eigenvalue weighted by atomic mass is 10.0. The molecule has 0 aromatic rings. The van der Waals surface area contributed by atoms with Crippen molar-refractivity contribution in [1.82, 2.24) is 4.72 Å². The molecule has 0 fully saturated rings. The van der Waals surface area contributed by atoms with Crippen LogP contribution in [0.25, 0.3) is 0 Å². The van der Waals surface area contributed by atoms with Gasteiger partial charge in [-0.05, 0) is 27.2 Å². The Morgan fingerprint density at radius 3 is 2.36 bits per heavy atom. The molecule has 1 atom stereocenters. The Bertz CT molecular complexity index is 314. The van der Waals surface area contributed by atoms with E-state index in [9.17, 15) is 8.42 Å². The lowest BCUT2D eigenvalue weighted by molar-refractivity contribution is 0.416. The minimum Gasteiger partial charge on any atom is -0.211 e. The van der Waals surface area contributed by atoms with Gasteiger partial charge < -0.3 is 0 Å². The van der Waals surface area contributed by atoms with Crippen LogP contribution in [0.5, 0.6) is 0 Å².